The number of pyridine rings is 4. The van der Waals surface area contributed by atoms with Crippen LogP contribution in [-0.2, 0) is 33.1 Å². The van der Waals surface area contributed by atoms with Gasteiger partial charge in [-0.25, -0.2) is 46.6 Å². The largest absolute Gasteiger partial charge is 0.364 e. The van der Waals surface area contributed by atoms with E-state index in [1.54, 1.807) is 45.4 Å². The van der Waals surface area contributed by atoms with Crippen molar-refractivity contribution >= 4 is 53.5 Å². The first kappa shape index (κ1) is 48.6. The number of sulfonamides is 2. The van der Waals surface area contributed by atoms with Crippen molar-refractivity contribution in [2.24, 2.45) is 5.14 Å². The van der Waals surface area contributed by atoms with Crippen molar-refractivity contribution < 1.29 is 16.8 Å². The Hall–Kier alpha value is -8.42. The van der Waals surface area contributed by atoms with Gasteiger partial charge < -0.3 is 10.6 Å². The molecule has 10 rings (SSSR count). The van der Waals surface area contributed by atoms with E-state index in [0.29, 0.717) is 53.0 Å². The number of nitrogens with zero attached hydrogens (tertiary/aromatic N) is 8. The first-order chi connectivity index (χ1) is 34.7. The van der Waals surface area contributed by atoms with Crippen molar-refractivity contribution in [2.45, 2.75) is 49.2 Å². The van der Waals surface area contributed by atoms with E-state index < -0.39 is 25.6 Å². The van der Waals surface area contributed by atoms with Gasteiger partial charge in [0.15, 0.2) is 11.6 Å². The molecule has 0 saturated carbocycles. The van der Waals surface area contributed by atoms with Gasteiger partial charge in [-0.1, -0.05) is 97.1 Å². The second-order valence-corrected chi connectivity index (χ2v) is 20.7. The van der Waals surface area contributed by atoms with E-state index in [9.17, 15) is 16.8 Å². The van der Waals surface area contributed by atoms with E-state index in [-0.39, 0.29) is 9.79 Å². The standard InChI is InChI=1S/C29H28N6O2S.C25H20N6O2S/c1-29(2,3)35-38(36,37)23-16-21(17-30-19-23)27-33-25-14-9-13-24(20-10-5-4-6-11-20)26(25)28(34-27)32-18-22-12-7-8-15-31-22;26-34(32,33)20-13-18(14-27-16-20)24-30-22-11-6-10-21(17-7-2-1-3-8-17)23(22)25(31-24)29-15-19-9-4-5-12-28-19/h4-17,19,35H,18H2,1-3H3,(H,32,33,34);1-14,16H,15H2,(H2,26,32,33)(H,29,30,31). The highest BCUT2D eigenvalue weighted by molar-refractivity contribution is 7.89. The van der Waals surface area contributed by atoms with Crippen LogP contribution in [0.1, 0.15) is 32.2 Å². The molecule has 6 aromatic heterocycles. The van der Waals surface area contributed by atoms with Gasteiger partial charge in [0.25, 0.3) is 0 Å². The number of hydrogen-bond donors (Lipinski definition) is 4. The van der Waals surface area contributed by atoms with E-state index in [4.69, 9.17) is 25.1 Å². The Morgan fingerprint density at radius 3 is 1.36 bits per heavy atom. The minimum Gasteiger partial charge on any atom is -0.364 e. The quantitative estimate of drug-likeness (QED) is 0.0843. The number of primary sulfonamides is 1. The molecule has 0 saturated heterocycles. The van der Waals surface area contributed by atoms with E-state index in [0.717, 1.165) is 49.9 Å². The molecule has 0 aliphatic rings. The van der Waals surface area contributed by atoms with Gasteiger partial charge in [-0.2, -0.15) is 0 Å². The van der Waals surface area contributed by atoms with Gasteiger partial charge >= 0.3 is 0 Å². The number of fused-ring (bicyclic) bond motifs is 2. The maximum atomic E-state index is 13.0. The molecule has 0 bridgehead atoms. The zero-order valence-corrected chi connectivity index (χ0v) is 41.0. The van der Waals surface area contributed by atoms with Crippen molar-refractivity contribution in [1.29, 1.82) is 0 Å². The fourth-order valence-corrected chi connectivity index (χ4v) is 9.70. The lowest BCUT2D eigenvalue weighted by molar-refractivity contribution is 0.491. The monoisotopic (exact) mass is 992 g/mol. The summed E-state index contributed by atoms with van der Waals surface area (Å²) in [5.74, 6) is 1.92. The third-order valence-corrected chi connectivity index (χ3v) is 13.6. The molecule has 0 aliphatic heterocycles. The maximum absolute atomic E-state index is 13.0. The molecular formula is C54H48N12O4S2. The smallest absolute Gasteiger partial charge is 0.242 e. The summed E-state index contributed by atoms with van der Waals surface area (Å²) in [6, 6.07) is 46.3. The topological polar surface area (TPSA) is 234 Å². The molecule has 0 amide bonds. The summed E-state index contributed by atoms with van der Waals surface area (Å²) >= 11 is 0. The summed E-state index contributed by atoms with van der Waals surface area (Å²) < 4.78 is 52.3. The average molecular weight is 993 g/mol. The predicted molar refractivity (Wildman–Crippen MR) is 281 cm³/mol. The summed E-state index contributed by atoms with van der Waals surface area (Å²) in [4.78, 5) is 36.1. The number of aromatic nitrogens is 8. The highest BCUT2D eigenvalue weighted by Crippen LogP contribution is 2.36. The molecule has 0 atom stereocenters. The van der Waals surface area contributed by atoms with Crippen molar-refractivity contribution in [3.05, 3.63) is 194 Å². The Morgan fingerprint density at radius 2 is 0.931 bits per heavy atom. The molecule has 0 fully saturated rings. The van der Waals surface area contributed by atoms with E-state index in [1.165, 1.54) is 24.7 Å². The lowest BCUT2D eigenvalue weighted by Gasteiger charge is -2.20. The van der Waals surface area contributed by atoms with Crippen LogP contribution in [0.5, 0.6) is 0 Å². The zero-order valence-electron chi connectivity index (χ0n) is 39.3. The van der Waals surface area contributed by atoms with Crippen LogP contribution in [0.15, 0.2) is 193 Å². The molecule has 16 nitrogen and oxygen atoms in total. The van der Waals surface area contributed by atoms with Gasteiger partial charge in [0.2, 0.25) is 20.0 Å². The fraction of sp³-hybridized carbons (Fsp3) is 0.111. The number of nitrogens with one attached hydrogen (secondary N) is 3. The summed E-state index contributed by atoms with van der Waals surface area (Å²) in [6.07, 6.45) is 9.10. The first-order valence-corrected chi connectivity index (χ1v) is 25.7. The van der Waals surface area contributed by atoms with E-state index in [1.807, 2.05) is 133 Å². The van der Waals surface area contributed by atoms with Crippen LogP contribution in [0.4, 0.5) is 11.6 Å². The zero-order chi connectivity index (χ0) is 50.3. The average Bonchev–Trinajstić information content (AvgIpc) is 3.39. The number of anilines is 2. The molecule has 0 unspecified atom stereocenters. The van der Waals surface area contributed by atoms with Gasteiger partial charge in [-0.15, -0.1) is 0 Å². The molecule has 0 radical (unpaired) electrons. The van der Waals surface area contributed by atoms with Gasteiger partial charge in [0.1, 0.15) is 21.4 Å². The fourth-order valence-electron chi connectivity index (χ4n) is 7.80. The molecule has 18 heteroatoms. The van der Waals surface area contributed by atoms with Crippen LogP contribution in [0, 0.1) is 0 Å². The Labute approximate surface area is 417 Å². The molecule has 0 spiro atoms. The van der Waals surface area contributed by atoms with Gasteiger partial charge in [0.05, 0.1) is 46.3 Å². The summed E-state index contributed by atoms with van der Waals surface area (Å²) in [7, 11) is -7.70. The maximum Gasteiger partial charge on any atom is 0.242 e. The molecule has 4 aromatic carbocycles. The SMILES string of the molecule is CC(C)(C)NS(=O)(=O)c1cncc(-c2nc(NCc3ccccn3)c3c(-c4ccccc4)cccc3n2)c1.NS(=O)(=O)c1cncc(-c2nc(NCc3ccccn3)c3c(-c4ccccc4)cccc3n2)c1. The van der Waals surface area contributed by atoms with Crippen molar-refractivity contribution in [3.8, 4) is 45.0 Å². The molecule has 5 N–H and O–H groups in total. The second-order valence-electron chi connectivity index (χ2n) is 17.5. The van der Waals surface area contributed by atoms with Crippen LogP contribution >= 0.6 is 0 Å². The molecule has 72 heavy (non-hydrogen) atoms. The third-order valence-electron chi connectivity index (χ3n) is 11.0. The molecule has 10 aromatic rings. The van der Waals surface area contributed by atoms with Crippen LogP contribution < -0.4 is 20.5 Å². The molecule has 6 heterocycles. The molecule has 0 aliphatic carbocycles. The summed E-state index contributed by atoms with van der Waals surface area (Å²) in [5.41, 5.74) is 7.48. The summed E-state index contributed by atoms with van der Waals surface area (Å²) in [6.45, 7) is 6.27. The lowest BCUT2D eigenvalue weighted by Crippen LogP contribution is -2.40. The number of rotatable bonds is 13. The minimum atomic E-state index is -3.92. The summed E-state index contributed by atoms with van der Waals surface area (Å²) in [5, 5.41) is 13.8. The minimum absolute atomic E-state index is 0.0506. The van der Waals surface area contributed by atoms with E-state index >= 15 is 0 Å². The van der Waals surface area contributed by atoms with Crippen LogP contribution in [0.2, 0.25) is 0 Å². The van der Waals surface area contributed by atoms with Crippen LogP contribution in [0.3, 0.4) is 0 Å². The number of hydrogen-bond acceptors (Lipinski definition) is 14. The Morgan fingerprint density at radius 1 is 0.486 bits per heavy atom. The molecule has 360 valence electrons. The first-order valence-electron chi connectivity index (χ1n) is 22.7. The highest BCUT2D eigenvalue weighted by Gasteiger charge is 2.24. The highest BCUT2D eigenvalue weighted by atomic mass is 32.2. The van der Waals surface area contributed by atoms with Crippen molar-refractivity contribution in [2.75, 3.05) is 10.6 Å². The Bertz CT molecular complexity index is 3760. The lowest BCUT2D eigenvalue weighted by atomic mass is 10.0. The predicted octanol–water partition coefficient (Wildman–Crippen LogP) is 9.46. The Balaban J connectivity index is 0.000000179. The number of benzene rings is 4. The Kier molecular flexibility index (Phi) is 14.1. The van der Waals surface area contributed by atoms with Gasteiger partial charge in [-0.05, 0) is 91.6 Å². The third kappa shape index (κ3) is 11.6. The van der Waals surface area contributed by atoms with Crippen molar-refractivity contribution in [1.82, 2.24) is 44.6 Å². The van der Waals surface area contributed by atoms with Crippen LogP contribution in [-0.4, -0.2) is 62.2 Å². The second kappa shape index (κ2) is 20.9. The van der Waals surface area contributed by atoms with Crippen molar-refractivity contribution in [3.63, 3.8) is 0 Å². The van der Waals surface area contributed by atoms with E-state index in [2.05, 4.69) is 35.3 Å². The van der Waals surface area contributed by atoms with Gasteiger partial charge in [-0.3, -0.25) is 19.9 Å². The normalized spacial score (nSPS) is 11.7. The van der Waals surface area contributed by atoms with Gasteiger partial charge in [0, 0.05) is 53.8 Å². The van der Waals surface area contributed by atoms with Crippen LogP contribution in [0.25, 0.3) is 66.8 Å². The molecular weight excluding hydrogens is 945 g/mol. The number of nitrogens with two attached hydrogens (primary N) is 1.